The molecule has 1 rings (SSSR count). The van der Waals surface area contributed by atoms with Crippen molar-refractivity contribution in [3.63, 3.8) is 0 Å². The van der Waals surface area contributed by atoms with Crippen molar-refractivity contribution in [1.82, 2.24) is 10.2 Å². The Labute approximate surface area is 115 Å². The molecule has 0 aromatic heterocycles. The van der Waals surface area contributed by atoms with Crippen LogP contribution < -0.4 is 5.32 Å². The number of nitrogens with one attached hydrogen (secondary N) is 1. The average Bonchev–Trinajstić information content (AvgIpc) is 2.35. The van der Waals surface area contributed by atoms with Crippen LogP contribution in [0.5, 0.6) is 0 Å². The summed E-state index contributed by atoms with van der Waals surface area (Å²) in [6.07, 6.45) is 5.38. The highest BCUT2D eigenvalue weighted by molar-refractivity contribution is 4.83. The molecule has 1 heterocycles. The van der Waals surface area contributed by atoms with Crippen molar-refractivity contribution in [1.29, 1.82) is 0 Å². The minimum Gasteiger partial charge on any atom is -0.315 e. The highest BCUT2D eigenvalue weighted by atomic mass is 15.2. The lowest BCUT2D eigenvalue weighted by molar-refractivity contribution is 0.0860. The van der Waals surface area contributed by atoms with Crippen molar-refractivity contribution in [2.75, 3.05) is 26.2 Å². The Hall–Kier alpha value is -0.0800. The molecule has 2 nitrogen and oxygen atoms in total. The molecular formula is C16H34N2. The Morgan fingerprint density at radius 1 is 1.17 bits per heavy atom. The summed E-state index contributed by atoms with van der Waals surface area (Å²) in [5.74, 6) is 0.813. The summed E-state index contributed by atoms with van der Waals surface area (Å²) in [6, 6.07) is 0.693. The van der Waals surface area contributed by atoms with Gasteiger partial charge in [-0.1, -0.05) is 34.1 Å². The zero-order valence-electron chi connectivity index (χ0n) is 13.3. The van der Waals surface area contributed by atoms with E-state index in [2.05, 4.69) is 44.8 Å². The van der Waals surface area contributed by atoms with Crippen molar-refractivity contribution in [2.24, 2.45) is 11.3 Å². The van der Waals surface area contributed by atoms with Crippen LogP contribution in [0.15, 0.2) is 0 Å². The molecule has 1 saturated heterocycles. The molecule has 1 aliphatic rings. The highest BCUT2D eigenvalue weighted by Crippen LogP contribution is 2.34. The Bertz CT molecular complexity index is 217. The van der Waals surface area contributed by atoms with Crippen LogP contribution in [0.3, 0.4) is 0 Å². The van der Waals surface area contributed by atoms with E-state index < -0.39 is 0 Å². The molecule has 0 radical (unpaired) electrons. The number of hydrogen-bond donors (Lipinski definition) is 1. The molecular weight excluding hydrogens is 220 g/mol. The minimum atomic E-state index is 0.612. The Kier molecular flexibility index (Phi) is 6.65. The van der Waals surface area contributed by atoms with Crippen molar-refractivity contribution >= 4 is 0 Å². The van der Waals surface area contributed by atoms with E-state index in [1.54, 1.807) is 0 Å². The molecule has 1 unspecified atom stereocenters. The third-order valence-corrected chi connectivity index (χ3v) is 4.82. The third-order valence-electron chi connectivity index (χ3n) is 4.82. The van der Waals surface area contributed by atoms with Gasteiger partial charge in [-0.05, 0) is 57.2 Å². The first-order valence-corrected chi connectivity index (χ1v) is 7.91. The maximum Gasteiger partial charge on any atom is 0.0192 e. The lowest BCUT2D eigenvalue weighted by atomic mass is 9.78. The topological polar surface area (TPSA) is 15.3 Å². The molecule has 1 fully saturated rings. The Morgan fingerprint density at radius 2 is 1.78 bits per heavy atom. The fourth-order valence-corrected chi connectivity index (χ4v) is 2.69. The second-order valence-electron chi connectivity index (χ2n) is 6.94. The number of rotatable bonds is 7. The van der Waals surface area contributed by atoms with Gasteiger partial charge in [0, 0.05) is 12.6 Å². The van der Waals surface area contributed by atoms with Gasteiger partial charge >= 0.3 is 0 Å². The molecule has 108 valence electrons. The van der Waals surface area contributed by atoms with Gasteiger partial charge in [0.15, 0.2) is 0 Å². The first kappa shape index (κ1) is 16.0. The van der Waals surface area contributed by atoms with Gasteiger partial charge in [0.1, 0.15) is 0 Å². The summed E-state index contributed by atoms with van der Waals surface area (Å²) in [4.78, 5) is 2.67. The predicted molar refractivity (Wildman–Crippen MR) is 81.0 cm³/mol. The molecule has 1 aliphatic heterocycles. The molecule has 1 N–H and O–H groups in total. The monoisotopic (exact) mass is 254 g/mol. The number of nitrogens with zero attached hydrogens (tertiary/aromatic N) is 1. The summed E-state index contributed by atoms with van der Waals surface area (Å²) in [5, 5.41) is 3.61. The molecule has 0 aromatic carbocycles. The SMILES string of the molecule is CCC1(C)CCN(C(C)CNCCC(C)C)CC1. The second kappa shape index (κ2) is 7.49. The first-order chi connectivity index (χ1) is 8.47. The van der Waals surface area contributed by atoms with E-state index in [0.717, 1.165) is 12.5 Å². The summed E-state index contributed by atoms with van der Waals surface area (Å²) >= 11 is 0. The van der Waals surface area contributed by atoms with Crippen LogP contribution in [-0.4, -0.2) is 37.1 Å². The number of hydrogen-bond acceptors (Lipinski definition) is 2. The van der Waals surface area contributed by atoms with Crippen LogP contribution in [0.2, 0.25) is 0 Å². The van der Waals surface area contributed by atoms with Gasteiger partial charge in [0.05, 0.1) is 0 Å². The zero-order valence-corrected chi connectivity index (χ0v) is 13.3. The van der Waals surface area contributed by atoms with Gasteiger partial charge in [-0.2, -0.15) is 0 Å². The molecule has 18 heavy (non-hydrogen) atoms. The van der Waals surface area contributed by atoms with E-state index in [1.807, 2.05) is 0 Å². The van der Waals surface area contributed by atoms with Gasteiger partial charge < -0.3 is 5.32 Å². The van der Waals surface area contributed by atoms with Crippen LogP contribution in [0, 0.1) is 11.3 Å². The smallest absolute Gasteiger partial charge is 0.0192 e. The van der Waals surface area contributed by atoms with Gasteiger partial charge in [0.2, 0.25) is 0 Å². The van der Waals surface area contributed by atoms with Gasteiger partial charge in [-0.25, -0.2) is 0 Å². The Balaban J connectivity index is 2.18. The van der Waals surface area contributed by atoms with Gasteiger partial charge in [-0.3, -0.25) is 4.90 Å². The fraction of sp³-hybridized carbons (Fsp3) is 1.00. The summed E-state index contributed by atoms with van der Waals surface area (Å²) in [6.45, 7) is 16.6. The van der Waals surface area contributed by atoms with Crippen molar-refractivity contribution in [2.45, 2.75) is 66.3 Å². The van der Waals surface area contributed by atoms with Crippen LogP contribution in [-0.2, 0) is 0 Å². The van der Waals surface area contributed by atoms with E-state index in [9.17, 15) is 0 Å². The van der Waals surface area contributed by atoms with Gasteiger partial charge in [-0.15, -0.1) is 0 Å². The largest absolute Gasteiger partial charge is 0.315 e. The molecule has 0 spiro atoms. The molecule has 0 bridgehead atoms. The highest BCUT2D eigenvalue weighted by Gasteiger charge is 2.29. The number of piperidine rings is 1. The molecule has 0 aliphatic carbocycles. The lowest BCUT2D eigenvalue weighted by Gasteiger charge is -2.41. The van der Waals surface area contributed by atoms with Crippen molar-refractivity contribution in [3.8, 4) is 0 Å². The fourth-order valence-electron chi connectivity index (χ4n) is 2.69. The molecule has 0 aromatic rings. The van der Waals surface area contributed by atoms with E-state index >= 15 is 0 Å². The van der Waals surface area contributed by atoms with E-state index in [0.29, 0.717) is 11.5 Å². The lowest BCUT2D eigenvalue weighted by Crippen LogP contribution is -2.47. The summed E-state index contributed by atoms with van der Waals surface area (Å²) in [5.41, 5.74) is 0.612. The van der Waals surface area contributed by atoms with Crippen molar-refractivity contribution < 1.29 is 0 Å². The van der Waals surface area contributed by atoms with E-state index in [-0.39, 0.29) is 0 Å². The van der Waals surface area contributed by atoms with Crippen molar-refractivity contribution in [3.05, 3.63) is 0 Å². The Morgan fingerprint density at radius 3 is 2.28 bits per heavy atom. The summed E-state index contributed by atoms with van der Waals surface area (Å²) < 4.78 is 0. The maximum atomic E-state index is 3.61. The normalized spacial score (nSPS) is 22.3. The van der Waals surface area contributed by atoms with Crippen LogP contribution in [0.25, 0.3) is 0 Å². The molecule has 0 saturated carbocycles. The maximum absolute atomic E-state index is 3.61. The molecule has 1 atom stereocenters. The zero-order chi connectivity index (χ0) is 13.6. The second-order valence-corrected chi connectivity index (χ2v) is 6.94. The number of likely N-dealkylation sites (tertiary alicyclic amines) is 1. The minimum absolute atomic E-state index is 0.612. The van der Waals surface area contributed by atoms with E-state index in [1.165, 1.54) is 45.3 Å². The third kappa shape index (κ3) is 5.27. The standard InChI is InChI=1S/C16H34N2/c1-6-16(5)8-11-18(12-9-16)15(4)13-17-10-7-14(2)3/h14-15,17H,6-13H2,1-5H3. The van der Waals surface area contributed by atoms with Crippen LogP contribution >= 0.6 is 0 Å². The van der Waals surface area contributed by atoms with Crippen LogP contribution in [0.1, 0.15) is 60.3 Å². The molecule has 0 amide bonds. The first-order valence-electron chi connectivity index (χ1n) is 7.91. The van der Waals surface area contributed by atoms with Gasteiger partial charge in [0.25, 0.3) is 0 Å². The van der Waals surface area contributed by atoms with E-state index in [4.69, 9.17) is 0 Å². The quantitative estimate of drug-likeness (QED) is 0.699. The molecule has 2 heteroatoms. The van der Waals surface area contributed by atoms with Crippen LogP contribution in [0.4, 0.5) is 0 Å². The summed E-state index contributed by atoms with van der Waals surface area (Å²) in [7, 11) is 0. The predicted octanol–water partition coefficient (Wildman–Crippen LogP) is 3.52. The average molecular weight is 254 g/mol.